The molecule has 0 unspecified atom stereocenters. The summed E-state index contributed by atoms with van der Waals surface area (Å²) in [5, 5.41) is 4.93. The molecule has 3 nitrogen and oxygen atoms in total. The van der Waals surface area contributed by atoms with E-state index in [1.54, 1.807) is 0 Å². The van der Waals surface area contributed by atoms with Gasteiger partial charge in [0.1, 0.15) is 5.58 Å². The van der Waals surface area contributed by atoms with Crippen molar-refractivity contribution in [3.63, 3.8) is 0 Å². The minimum absolute atomic E-state index is 0.463. The fraction of sp³-hybridized carbons (Fsp3) is 0.188. The van der Waals surface area contributed by atoms with Gasteiger partial charge in [0.05, 0.1) is 0 Å². The van der Waals surface area contributed by atoms with E-state index in [-0.39, 0.29) is 0 Å². The van der Waals surface area contributed by atoms with Crippen LogP contribution in [-0.4, -0.2) is 4.98 Å². The highest BCUT2D eigenvalue weighted by molar-refractivity contribution is 6.30. The van der Waals surface area contributed by atoms with Gasteiger partial charge < -0.3 is 9.73 Å². The van der Waals surface area contributed by atoms with Gasteiger partial charge in [0.25, 0.3) is 0 Å². The van der Waals surface area contributed by atoms with Gasteiger partial charge in [-0.05, 0) is 41.8 Å². The molecule has 0 fully saturated rings. The minimum atomic E-state index is 0.463. The maximum Gasteiger partial charge on any atom is 0.199 e. The molecular formula is C16H15ClN2O. The third-order valence-corrected chi connectivity index (χ3v) is 3.71. The zero-order chi connectivity index (χ0) is 13.9. The van der Waals surface area contributed by atoms with Gasteiger partial charge in [-0.1, -0.05) is 18.2 Å². The molecule has 3 rings (SSSR count). The summed E-state index contributed by atoms with van der Waals surface area (Å²) in [4.78, 5) is 4.09. The first kappa shape index (κ1) is 13.2. The molecule has 0 aliphatic carbocycles. The highest BCUT2D eigenvalue weighted by atomic mass is 35.5. The molecule has 102 valence electrons. The Labute approximate surface area is 122 Å². The number of hydrogen-bond acceptors (Lipinski definition) is 3. The van der Waals surface area contributed by atoms with Crippen molar-refractivity contribution in [3.05, 3.63) is 64.6 Å². The number of halogens is 1. The first-order chi connectivity index (χ1) is 9.75. The molecule has 20 heavy (non-hydrogen) atoms. The number of furan rings is 1. The van der Waals surface area contributed by atoms with Gasteiger partial charge >= 0.3 is 0 Å². The Morgan fingerprint density at radius 1 is 1.20 bits per heavy atom. The number of hydrogen-bond donors (Lipinski definition) is 1. The number of nitrogens with zero attached hydrogens (tertiary/aromatic N) is 1. The first-order valence-electron chi connectivity index (χ1n) is 6.52. The van der Waals surface area contributed by atoms with Crippen LogP contribution in [0.15, 0.2) is 47.1 Å². The molecule has 0 radical (unpaired) electrons. The van der Waals surface area contributed by atoms with Crippen LogP contribution in [-0.2, 0) is 13.1 Å². The zero-order valence-electron chi connectivity index (χ0n) is 11.2. The number of para-hydroxylation sites is 1. The fourth-order valence-electron chi connectivity index (χ4n) is 2.26. The zero-order valence-corrected chi connectivity index (χ0v) is 11.9. The van der Waals surface area contributed by atoms with E-state index in [1.165, 1.54) is 11.1 Å². The topological polar surface area (TPSA) is 38.1 Å². The Hall–Kier alpha value is -1.84. The standard InChI is InChI=1S/C16H15ClN2O/c1-11-8-18-7-6-12(11)9-19-10-14-13-4-2-3-5-15(13)20-16(14)17/h2-8,19H,9-10H2,1H3. The van der Waals surface area contributed by atoms with Crippen molar-refractivity contribution in [2.75, 3.05) is 0 Å². The molecule has 3 aromatic rings. The molecule has 4 heteroatoms. The van der Waals surface area contributed by atoms with Crippen LogP contribution >= 0.6 is 11.6 Å². The van der Waals surface area contributed by atoms with Gasteiger partial charge in [0, 0.05) is 36.4 Å². The maximum atomic E-state index is 6.16. The van der Waals surface area contributed by atoms with Gasteiger partial charge in [0.15, 0.2) is 5.22 Å². The number of aromatic nitrogens is 1. The summed E-state index contributed by atoms with van der Waals surface area (Å²) in [5.41, 5.74) is 4.26. The molecule has 0 saturated carbocycles. The van der Waals surface area contributed by atoms with Crippen molar-refractivity contribution in [2.24, 2.45) is 0 Å². The third-order valence-electron chi connectivity index (χ3n) is 3.40. The van der Waals surface area contributed by atoms with E-state index in [1.807, 2.05) is 42.7 Å². The SMILES string of the molecule is Cc1cnccc1CNCc1c(Cl)oc2ccccc12. The molecule has 1 aromatic carbocycles. The molecular weight excluding hydrogens is 272 g/mol. The molecule has 0 amide bonds. The van der Waals surface area contributed by atoms with Crippen molar-refractivity contribution < 1.29 is 4.42 Å². The Bertz CT molecular complexity index is 736. The van der Waals surface area contributed by atoms with Gasteiger partial charge in [-0.2, -0.15) is 0 Å². The summed E-state index contributed by atoms with van der Waals surface area (Å²) in [6.07, 6.45) is 3.68. The van der Waals surface area contributed by atoms with Crippen molar-refractivity contribution in [1.82, 2.24) is 10.3 Å². The van der Waals surface area contributed by atoms with Crippen LogP contribution in [0, 0.1) is 6.92 Å². The number of benzene rings is 1. The molecule has 0 aliphatic rings. The van der Waals surface area contributed by atoms with Gasteiger partial charge in [-0.25, -0.2) is 0 Å². The Balaban J connectivity index is 1.74. The first-order valence-corrected chi connectivity index (χ1v) is 6.89. The van der Waals surface area contributed by atoms with E-state index >= 15 is 0 Å². The lowest BCUT2D eigenvalue weighted by molar-refractivity contribution is 0.604. The van der Waals surface area contributed by atoms with Crippen LogP contribution in [0.5, 0.6) is 0 Å². The van der Waals surface area contributed by atoms with E-state index in [0.29, 0.717) is 11.8 Å². The molecule has 0 saturated heterocycles. The molecule has 0 spiro atoms. The second kappa shape index (κ2) is 5.65. The maximum absolute atomic E-state index is 6.16. The summed E-state index contributed by atoms with van der Waals surface area (Å²) < 4.78 is 5.54. The van der Waals surface area contributed by atoms with Crippen LogP contribution < -0.4 is 5.32 Å². The number of rotatable bonds is 4. The van der Waals surface area contributed by atoms with Gasteiger partial charge in [-0.3, -0.25) is 4.98 Å². The quantitative estimate of drug-likeness (QED) is 0.785. The van der Waals surface area contributed by atoms with Crippen molar-refractivity contribution >= 4 is 22.6 Å². The van der Waals surface area contributed by atoms with Crippen molar-refractivity contribution in [3.8, 4) is 0 Å². The summed E-state index contributed by atoms with van der Waals surface area (Å²) in [6, 6.07) is 9.92. The second-order valence-electron chi connectivity index (χ2n) is 4.76. The smallest absolute Gasteiger partial charge is 0.199 e. The Morgan fingerprint density at radius 2 is 2.05 bits per heavy atom. The normalized spacial score (nSPS) is 11.1. The summed E-state index contributed by atoms with van der Waals surface area (Å²) in [6.45, 7) is 3.52. The Kier molecular flexibility index (Phi) is 3.72. The second-order valence-corrected chi connectivity index (χ2v) is 5.10. The highest BCUT2D eigenvalue weighted by Gasteiger charge is 2.11. The van der Waals surface area contributed by atoms with E-state index in [9.17, 15) is 0 Å². The number of aryl methyl sites for hydroxylation is 1. The third kappa shape index (κ3) is 2.55. The average Bonchev–Trinajstić information content (AvgIpc) is 2.77. The summed E-state index contributed by atoms with van der Waals surface area (Å²) in [5.74, 6) is 0. The van der Waals surface area contributed by atoms with Gasteiger partial charge in [0.2, 0.25) is 0 Å². The monoisotopic (exact) mass is 286 g/mol. The van der Waals surface area contributed by atoms with Crippen molar-refractivity contribution in [2.45, 2.75) is 20.0 Å². The lowest BCUT2D eigenvalue weighted by Gasteiger charge is -2.06. The number of pyridine rings is 1. The van der Waals surface area contributed by atoms with E-state index < -0.39 is 0 Å². The number of fused-ring (bicyclic) bond motifs is 1. The van der Waals surface area contributed by atoms with Gasteiger partial charge in [-0.15, -0.1) is 0 Å². The fourth-order valence-corrected chi connectivity index (χ4v) is 2.51. The molecule has 2 heterocycles. The predicted octanol–water partition coefficient (Wildman–Crippen LogP) is 4.08. The lowest BCUT2D eigenvalue weighted by atomic mass is 10.1. The molecule has 2 aromatic heterocycles. The summed E-state index contributed by atoms with van der Waals surface area (Å²) in [7, 11) is 0. The largest absolute Gasteiger partial charge is 0.444 e. The van der Waals surface area contributed by atoms with Crippen molar-refractivity contribution in [1.29, 1.82) is 0 Å². The number of nitrogens with one attached hydrogen (secondary N) is 1. The highest BCUT2D eigenvalue weighted by Crippen LogP contribution is 2.29. The molecule has 1 N–H and O–H groups in total. The molecule has 0 bridgehead atoms. The van der Waals surface area contributed by atoms with E-state index in [4.69, 9.17) is 16.0 Å². The average molecular weight is 287 g/mol. The Morgan fingerprint density at radius 3 is 2.90 bits per heavy atom. The lowest BCUT2D eigenvalue weighted by Crippen LogP contribution is -2.13. The van der Waals surface area contributed by atoms with Crippen LogP contribution in [0.4, 0.5) is 0 Å². The van der Waals surface area contributed by atoms with Crippen LogP contribution in [0.3, 0.4) is 0 Å². The molecule has 0 aliphatic heterocycles. The van der Waals surface area contributed by atoms with Crippen LogP contribution in [0.2, 0.25) is 5.22 Å². The molecule has 0 atom stereocenters. The predicted molar refractivity (Wildman–Crippen MR) is 80.7 cm³/mol. The van der Waals surface area contributed by atoms with E-state index in [2.05, 4.69) is 17.2 Å². The van der Waals surface area contributed by atoms with Crippen LogP contribution in [0.1, 0.15) is 16.7 Å². The minimum Gasteiger partial charge on any atom is -0.444 e. The van der Waals surface area contributed by atoms with Crippen LogP contribution in [0.25, 0.3) is 11.0 Å². The summed E-state index contributed by atoms with van der Waals surface area (Å²) >= 11 is 6.16. The van der Waals surface area contributed by atoms with E-state index in [0.717, 1.165) is 23.1 Å².